The quantitative estimate of drug-likeness (QED) is 0.686. The number of amidine groups is 1. The highest BCUT2D eigenvalue weighted by Crippen LogP contribution is 2.24. The third-order valence-electron chi connectivity index (χ3n) is 5.61. The fourth-order valence-corrected chi connectivity index (χ4v) is 6.30. The van der Waals surface area contributed by atoms with Crippen molar-refractivity contribution >= 4 is 31.8 Å². The van der Waals surface area contributed by atoms with E-state index in [-0.39, 0.29) is 40.4 Å². The van der Waals surface area contributed by atoms with Crippen molar-refractivity contribution in [2.75, 3.05) is 31.9 Å². The molecule has 166 valence electrons. The Labute approximate surface area is 182 Å². The van der Waals surface area contributed by atoms with E-state index in [9.17, 15) is 21.6 Å². The van der Waals surface area contributed by atoms with Gasteiger partial charge in [-0.3, -0.25) is 4.79 Å². The van der Waals surface area contributed by atoms with Crippen molar-refractivity contribution < 1.29 is 21.6 Å². The zero-order chi connectivity index (χ0) is 22.1. The maximum Gasteiger partial charge on any atom is 0.256 e. The highest BCUT2D eigenvalue weighted by atomic mass is 32.2. The van der Waals surface area contributed by atoms with Gasteiger partial charge < -0.3 is 10.2 Å². The summed E-state index contributed by atoms with van der Waals surface area (Å²) in [4.78, 5) is 14.6. The fraction of sp³-hybridized carbons (Fsp3) is 0.400. The third-order valence-corrected chi connectivity index (χ3v) is 8.67. The zero-order valence-electron chi connectivity index (χ0n) is 16.8. The Morgan fingerprint density at radius 3 is 2.55 bits per heavy atom. The summed E-state index contributed by atoms with van der Waals surface area (Å²) in [5, 5.41) is 2.86. The van der Waals surface area contributed by atoms with Crippen molar-refractivity contribution in [2.45, 2.75) is 17.7 Å². The topological polar surface area (TPSA) is 116 Å². The van der Waals surface area contributed by atoms with Crippen LogP contribution in [-0.2, 0) is 24.8 Å². The Balaban J connectivity index is 1.34. The van der Waals surface area contributed by atoms with Gasteiger partial charge >= 0.3 is 0 Å². The van der Waals surface area contributed by atoms with Crippen molar-refractivity contribution in [3.05, 3.63) is 54.3 Å². The predicted octanol–water partition coefficient (Wildman–Crippen LogP) is 0.701. The van der Waals surface area contributed by atoms with E-state index < -0.39 is 20.0 Å². The lowest BCUT2D eigenvalue weighted by molar-refractivity contribution is -0.117. The van der Waals surface area contributed by atoms with Gasteiger partial charge in [0.05, 0.1) is 16.2 Å². The van der Waals surface area contributed by atoms with Gasteiger partial charge in [-0.2, -0.15) is 4.31 Å². The monoisotopic (exact) mass is 464 g/mol. The molecule has 3 aliphatic heterocycles. The summed E-state index contributed by atoms with van der Waals surface area (Å²) >= 11 is 0. The average molecular weight is 465 g/mol. The second-order valence-electron chi connectivity index (χ2n) is 7.69. The minimum Gasteiger partial charge on any atom is -0.352 e. The zero-order valence-corrected chi connectivity index (χ0v) is 18.5. The molecule has 0 aromatic heterocycles. The average Bonchev–Trinajstić information content (AvgIpc) is 2.77. The number of nitrogens with one attached hydrogen (secondary N) is 1. The molecule has 11 heteroatoms. The number of sulfonamides is 2. The summed E-state index contributed by atoms with van der Waals surface area (Å²) < 4.78 is 54.4. The molecule has 1 aromatic carbocycles. The summed E-state index contributed by atoms with van der Waals surface area (Å²) in [7, 11) is -7.08. The second-order valence-corrected chi connectivity index (χ2v) is 11.4. The van der Waals surface area contributed by atoms with Gasteiger partial charge in [-0.15, -0.1) is 4.40 Å². The van der Waals surface area contributed by atoms with Crippen molar-refractivity contribution in [3.63, 3.8) is 0 Å². The van der Waals surface area contributed by atoms with Crippen LogP contribution in [0.15, 0.2) is 63.6 Å². The lowest BCUT2D eigenvalue weighted by Crippen LogP contribution is -2.44. The lowest BCUT2D eigenvalue weighted by Gasteiger charge is -2.32. The number of carbonyl (C=O) groups excluding carboxylic acids is 1. The van der Waals surface area contributed by atoms with Gasteiger partial charge in [-0.1, -0.05) is 18.2 Å². The molecular weight excluding hydrogens is 440 g/mol. The van der Waals surface area contributed by atoms with Crippen molar-refractivity contribution in [2.24, 2.45) is 10.3 Å². The predicted molar refractivity (Wildman–Crippen MR) is 116 cm³/mol. The Hall–Kier alpha value is -2.50. The van der Waals surface area contributed by atoms with Crippen LogP contribution in [0.2, 0.25) is 0 Å². The van der Waals surface area contributed by atoms with Gasteiger partial charge in [0.2, 0.25) is 10.0 Å². The molecule has 1 N–H and O–H groups in total. The molecule has 0 radical (unpaired) electrons. The molecule has 0 spiro atoms. The molecule has 1 saturated heterocycles. The number of hydrogen-bond acceptors (Lipinski definition) is 6. The minimum absolute atomic E-state index is 0.0831. The fourth-order valence-electron chi connectivity index (χ4n) is 3.82. The van der Waals surface area contributed by atoms with E-state index in [0.29, 0.717) is 32.5 Å². The standard InChI is InChI=1S/C20H24N4O5S2/c25-20(18-7-4-10-23-13-14-30(26,27)22-19(18)23)21-15-16-8-11-24(12-9-16)31(28,29)17-5-2-1-3-6-17/h1-7,10,16H,8-9,11-15H2,(H,21,25). The van der Waals surface area contributed by atoms with Gasteiger partial charge in [0.1, 0.15) is 0 Å². The van der Waals surface area contributed by atoms with E-state index >= 15 is 0 Å². The SMILES string of the molecule is O=C(NCC1CCN(S(=O)(=O)c2ccccc2)CC1)C1=CC=CN2CCS(=O)(=O)N=C12. The van der Waals surface area contributed by atoms with Crippen LogP contribution in [0.5, 0.6) is 0 Å². The van der Waals surface area contributed by atoms with Crippen LogP contribution in [-0.4, -0.2) is 69.7 Å². The van der Waals surface area contributed by atoms with Gasteiger partial charge in [-0.25, -0.2) is 16.8 Å². The van der Waals surface area contributed by atoms with E-state index in [1.807, 2.05) is 0 Å². The van der Waals surface area contributed by atoms with Crippen LogP contribution >= 0.6 is 0 Å². The maximum absolute atomic E-state index is 12.7. The molecule has 0 unspecified atom stereocenters. The largest absolute Gasteiger partial charge is 0.352 e. The van der Waals surface area contributed by atoms with Crippen LogP contribution in [0.25, 0.3) is 0 Å². The number of rotatable bonds is 5. The third kappa shape index (κ3) is 4.73. The molecule has 0 bridgehead atoms. The number of benzene rings is 1. The van der Waals surface area contributed by atoms with E-state index in [1.165, 1.54) is 4.31 Å². The van der Waals surface area contributed by atoms with Crippen LogP contribution < -0.4 is 5.32 Å². The molecule has 9 nitrogen and oxygen atoms in total. The molecule has 4 rings (SSSR count). The molecule has 0 aliphatic carbocycles. The van der Waals surface area contributed by atoms with Crippen LogP contribution in [0.4, 0.5) is 0 Å². The first-order valence-corrected chi connectivity index (χ1v) is 13.1. The van der Waals surface area contributed by atoms with Crippen molar-refractivity contribution in [1.82, 2.24) is 14.5 Å². The Kier molecular flexibility index (Phi) is 6.00. The smallest absolute Gasteiger partial charge is 0.256 e. The first kappa shape index (κ1) is 21.7. The summed E-state index contributed by atoms with van der Waals surface area (Å²) in [6.45, 7) is 1.43. The summed E-state index contributed by atoms with van der Waals surface area (Å²) in [5.74, 6) is -0.182. The van der Waals surface area contributed by atoms with Crippen LogP contribution in [0.3, 0.4) is 0 Å². The van der Waals surface area contributed by atoms with Crippen molar-refractivity contribution in [1.29, 1.82) is 0 Å². The molecule has 1 amide bonds. The molecule has 3 aliphatic rings. The van der Waals surface area contributed by atoms with Gasteiger partial charge in [0.25, 0.3) is 15.9 Å². The van der Waals surface area contributed by atoms with Crippen LogP contribution in [0.1, 0.15) is 12.8 Å². The van der Waals surface area contributed by atoms with E-state index in [1.54, 1.807) is 53.6 Å². The normalized spacial score (nSPS) is 21.7. The maximum atomic E-state index is 12.7. The number of piperidine rings is 1. The number of fused-ring (bicyclic) bond motifs is 1. The number of allylic oxidation sites excluding steroid dienone is 2. The number of amides is 1. The highest BCUT2D eigenvalue weighted by molar-refractivity contribution is 7.90. The van der Waals surface area contributed by atoms with E-state index in [0.717, 1.165) is 0 Å². The Morgan fingerprint density at radius 1 is 1.13 bits per heavy atom. The Bertz CT molecular complexity index is 1150. The molecular formula is C20H24N4O5S2. The van der Waals surface area contributed by atoms with Gasteiger partial charge in [0.15, 0.2) is 5.84 Å². The molecule has 0 saturated carbocycles. The number of nitrogens with zero attached hydrogens (tertiary/aromatic N) is 3. The summed E-state index contributed by atoms with van der Waals surface area (Å²) in [5.41, 5.74) is 0.217. The number of hydrogen-bond donors (Lipinski definition) is 1. The van der Waals surface area contributed by atoms with Crippen LogP contribution in [0, 0.1) is 5.92 Å². The minimum atomic E-state index is -3.57. The molecule has 3 heterocycles. The second kappa shape index (κ2) is 8.56. The van der Waals surface area contributed by atoms with Crippen molar-refractivity contribution in [3.8, 4) is 0 Å². The summed E-state index contributed by atoms with van der Waals surface area (Å²) in [6, 6.07) is 8.36. The number of carbonyl (C=O) groups is 1. The molecule has 1 aromatic rings. The first-order chi connectivity index (χ1) is 14.8. The van der Waals surface area contributed by atoms with E-state index in [2.05, 4.69) is 9.71 Å². The lowest BCUT2D eigenvalue weighted by atomic mass is 9.98. The van der Waals surface area contributed by atoms with Gasteiger partial charge in [0, 0.05) is 32.4 Å². The first-order valence-electron chi connectivity index (χ1n) is 10.1. The Morgan fingerprint density at radius 2 is 1.84 bits per heavy atom. The van der Waals surface area contributed by atoms with E-state index in [4.69, 9.17) is 0 Å². The molecule has 0 atom stereocenters. The highest BCUT2D eigenvalue weighted by Gasteiger charge is 2.32. The molecule has 31 heavy (non-hydrogen) atoms. The van der Waals surface area contributed by atoms with Gasteiger partial charge in [-0.05, 0) is 43.0 Å². The molecule has 1 fully saturated rings. The summed E-state index contributed by atoms with van der Waals surface area (Å²) in [6.07, 6.45) is 6.21.